The van der Waals surface area contributed by atoms with Gasteiger partial charge in [-0.3, -0.25) is 4.79 Å². The Kier molecular flexibility index (Phi) is 5.11. The maximum atomic E-state index is 12.3. The molecule has 1 heterocycles. The zero-order valence-corrected chi connectivity index (χ0v) is 11.6. The van der Waals surface area contributed by atoms with E-state index in [9.17, 15) is 23.1 Å². The van der Waals surface area contributed by atoms with Crippen LogP contribution in [0.15, 0.2) is 0 Å². The predicted molar refractivity (Wildman–Crippen MR) is 68.4 cm³/mol. The average Bonchev–Trinajstić information content (AvgIpc) is 3.21. The van der Waals surface area contributed by atoms with Gasteiger partial charge in [0, 0.05) is 12.6 Å². The van der Waals surface area contributed by atoms with Gasteiger partial charge in [0.15, 0.2) is 6.10 Å². The van der Waals surface area contributed by atoms with Crippen LogP contribution in [0.5, 0.6) is 0 Å². The molecule has 5 nitrogen and oxygen atoms in total. The van der Waals surface area contributed by atoms with Gasteiger partial charge in [0.05, 0.1) is 0 Å². The minimum Gasteiger partial charge on any atom is -0.383 e. The molecule has 0 aromatic carbocycles. The van der Waals surface area contributed by atoms with Gasteiger partial charge in [-0.05, 0) is 44.7 Å². The molecule has 122 valence electrons. The van der Waals surface area contributed by atoms with Crippen LogP contribution in [0, 0.1) is 5.92 Å². The Morgan fingerprint density at radius 3 is 2.24 bits per heavy atom. The number of carbonyl (C=O) groups excluding carboxylic acids is 1. The van der Waals surface area contributed by atoms with E-state index < -0.39 is 24.9 Å². The van der Waals surface area contributed by atoms with Crippen LogP contribution in [0.2, 0.25) is 0 Å². The second kappa shape index (κ2) is 6.50. The van der Waals surface area contributed by atoms with Crippen molar-refractivity contribution in [1.82, 2.24) is 10.2 Å². The summed E-state index contributed by atoms with van der Waals surface area (Å²) in [5.74, 6) is -0.616. The van der Waals surface area contributed by atoms with E-state index in [-0.39, 0.29) is 17.9 Å². The van der Waals surface area contributed by atoms with E-state index in [0.717, 1.165) is 12.8 Å². The molecule has 1 amide bonds. The average molecular weight is 310 g/mol. The molecule has 0 spiro atoms. The molecule has 2 atom stereocenters. The lowest BCUT2D eigenvalue weighted by atomic mass is 9.90. The number of rotatable bonds is 5. The largest absolute Gasteiger partial charge is 0.415 e. The molecule has 1 aliphatic carbocycles. The van der Waals surface area contributed by atoms with Gasteiger partial charge in [-0.25, -0.2) is 0 Å². The minimum atomic E-state index is -4.61. The number of amides is 1. The highest BCUT2D eigenvalue weighted by Gasteiger charge is 2.40. The lowest BCUT2D eigenvalue weighted by Crippen LogP contribution is -2.48. The van der Waals surface area contributed by atoms with Crippen LogP contribution in [0.25, 0.3) is 0 Å². The van der Waals surface area contributed by atoms with Crippen LogP contribution in [-0.2, 0) is 4.79 Å². The summed E-state index contributed by atoms with van der Waals surface area (Å²) >= 11 is 0. The van der Waals surface area contributed by atoms with E-state index in [1.807, 2.05) is 0 Å². The van der Waals surface area contributed by atoms with E-state index in [1.165, 1.54) is 4.90 Å². The van der Waals surface area contributed by atoms with Crippen molar-refractivity contribution in [1.29, 1.82) is 0 Å². The van der Waals surface area contributed by atoms with Crippen molar-refractivity contribution in [2.45, 2.75) is 50.1 Å². The number of β-amino-alcohol motifs (C(OH)–C–C–N with tert-alkyl or cyclic N) is 1. The van der Waals surface area contributed by atoms with Crippen molar-refractivity contribution in [3.63, 3.8) is 0 Å². The van der Waals surface area contributed by atoms with Gasteiger partial charge in [0.2, 0.25) is 5.91 Å². The lowest BCUT2D eigenvalue weighted by Gasteiger charge is -2.34. The Bertz CT molecular complexity index is 366. The third-order valence-corrected chi connectivity index (χ3v) is 4.08. The number of hydrogen-bond acceptors (Lipinski definition) is 4. The first kappa shape index (κ1) is 16.5. The zero-order chi connectivity index (χ0) is 15.6. The van der Waals surface area contributed by atoms with Crippen molar-refractivity contribution in [3.8, 4) is 0 Å². The van der Waals surface area contributed by atoms with Crippen molar-refractivity contribution in [3.05, 3.63) is 0 Å². The fourth-order valence-electron chi connectivity index (χ4n) is 2.53. The lowest BCUT2D eigenvalue weighted by molar-refractivity contribution is -0.209. The summed E-state index contributed by atoms with van der Waals surface area (Å²) in [6.07, 6.45) is -5.29. The Labute approximate surface area is 121 Å². The highest BCUT2D eigenvalue weighted by Crippen LogP contribution is 2.25. The number of nitrogens with zero attached hydrogens (tertiary/aromatic N) is 1. The summed E-state index contributed by atoms with van der Waals surface area (Å²) in [6, 6.07) is 0.175. The van der Waals surface area contributed by atoms with Crippen LogP contribution >= 0.6 is 0 Å². The summed E-state index contributed by atoms with van der Waals surface area (Å²) in [6.45, 7) is 0.220. The normalized spacial score (nSPS) is 24.6. The second-order valence-corrected chi connectivity index (χ2v) is 5.92. The first-order valence-electron chi connectivity index (χ1n) is 7.23. The van der Waals surface area contributed by atoms with Gasteiger partial charge in [-0.2, -0.15) is 13.2 Å². The topological polar surface area (TPSA) is 72.8 Å². The Morgan fingerprint density at radius 1 is 1.19 bits per heavy atom. The number of carbonyl (C=O) groups is 1. The van der Waals surface area contributed by atoms with Gasteiger partial charge in [0.1, 0.15) is 6.10 Å². The monoisotopic (exact) mass is 310 g/mol. The number of aliphatic hydroxyl groups excluding tert-OH is 2. The molecule has 1 saturated heterocycles. The molecule has 0 bridgehead atoms. The Balaban J connectivity index is 1.73. The number of likely N-dealkylation sites (tertiary alicyclic amines) is 1. The quantitative estimate of drug-likeness (QED) is 0.681. The summed E-state index contributed by atoms with van der Waals surface area (Å²) in [5, 5.41) is 21.7. The van der Waals surface area contributed by atoms with E-state index in [0.29, 0.717) is 25.9 Å². The number of nitrogens with one attached hydrogen (secondary N) is 1. The maximum Gasteiger partial charge on any atom is 0.415 e. The molecule has 0 radical (unpaired) electrons. The third-order valence-electron chi connectivity index (χ3n) is 4.08. The molecule has 1 saturated carbocycles. The summed E-state index contributed by atoms with van der Waals surface area (Å²) < 4.78 is 36.8. The summed E-state index contributed by atoms with van der Waals surface area (Å²) in [4.78, 5) is 13.2. The maximum absolute atomic E-state index is 12.3. The molecule has 8 heteroatoms. The van der Waals surface area contributed by atoms with E-state index in [2.05, 4.69) is 5.32 Å². The number of piperidine rings is 1. The standard InChI is InChI=1S/C13H21F3N2O3/c14-13(15,16)10(19)7-18-5-3-8(4-6-18)11(20)12(21)17-9-1-2-9/h8-11,19-20H,1-7H2,(H,17,21)/t10-,11-/m0/s1. The first-order chi connectivity index (χ1) is 9.77. The number of hydrogen-bond donors (Lipinski definition) is 3. The van der Waals surface area contributed by atoms with E-state index in [4.69, 9.17) is 5.11 Å². The molecule has 3 N–H and O–H groups in total. The molecule has 2 aliphatic rings. The third kappa shape index (κ3) is 4.82. The number of alkyl halides is 3. The predicted octanol–water partition coefficient (Wildman–Crippen LogP) is 0.261. The van der Waals surface area contributed by atoms with Crippen LogP contribution < -0.4 is 5.32 Å². The van der Waals surface area contributed by atoms with Gasteiger partial charge in [-0.1, -0.05) is 0 Å². The molecule has 0 aromatic heterocycles. The van der Waals surface area contributed by atoms with Crippen LogP contribution in [0.4, 0.5) is 13.2 Å². The molecule has 0 unspecified atom stereocenters. The Hall–Kier alpha value is -0.860. The molecular formula is C13H21F3N2O3. The van der Waals surface area contributed by atoms with Gasteiger partial charge >= 0.3 is 6.18 Å². The van der Waals surface area contributed by atoms with Gasteiger partial charge < -0.3 is 20.4 Å². The molecular weight excluding hydrogens is 289 g/mol. The SMILES string of the molecule is O=C(NC1CC1)[C@@H](O)C1CCN(C[C@H](O)C(F)(F)F)CC1. The smallest absolute Gasteiger partial charge is 0.383 e. The van der Waals surface area contributed by atoms with Crippen LogP contribution in [-0.4, -0.2) is 65.1 Å². The molecule has 1 aliphatic heterocycles. The molecule has 2 rings (SSSR count). The van der Waals surface area contributed by atoms with Crippen LogP contribution in [0.1, 0.15) is 25.7 Å². The van der Waals surface area contributed by atoms with Crippen LogP contribution in [0.3, 0.4) is 0 Å². The van der Waals surface area contributed by atoms with Crippen molar-refractivity contribution < 1.29 is 28.2 Å². The highest BCUT2D eigenvalue weighted by molar-refractivity contribution is 5.81. The molecule has 0 aromatic rings. The van der Waals surface area contributed by atoms with E-state index >= 15 is 0 Å². The van der Waals surface area contributed by atoms with Crippen molar-refractivity contribution in [2.75, 3.05) is 19.6 Å². The van der Waals surface area contributed by atoms with Gasteiger partial charge in [0.25, 0.3) is 0 Å². The summed E-state index contributed by atoms with van der Waals surface area (Å²) in [5.41, 5.74) is 0. The zero-order valence-electron chi connectivity index (χ0n) is 11.6. The van der Waals surface area contributed by atoms with Crippen molar-refractivity contribution in [2.24, 2.45) is 5.92 Å². The fraction of sp³-hybridized carbons (Fsp3) is 0.923. The fourth-order valence-corrected chi connectivity index (χ4v) is 2.53. The number of halogens is 3. The summed E-state index contributed by atoms with van der Waals surface area (Å²) in [7, 11) is 0. The highest BCUT2D eigenvalue weighted by atomic mass is 19.4. The first-order valence-corrected chi connectivity index (χ1v) is 7.23. The number of aliphatic hydroxyl groups is 2. The van der Waals surface area contributed by atoms with Gasteiger partial charge in [-0.15, -0.1) is 0 Å². The molecule has 21 heavy (non-hydrogen) atoms. The van der Waals surface area contributed by atoms with Crippen molar-refractivity contribution >= 4 is 5.91 Å². The minimum absolute atomic E-state index is 0.175. The Morgan fingerprint density at radius 2 is 1.76 bits per heavy atom. The van der Waals surface area contributed by atoms with E-state index in [1.54, 1.807) is 0 Å². The molecule has 2 fully saturated rings. The second-order valence-electron chi connectivity index (χ2n) is 5.92.